The molecule has 7 heteroatoms. The lowest BCUT2D eigenvalue weighted by molar-refractivity contribution is -0.123. The van der Waals surface area contributed by atoms with Crippen LogP contribution in [0.25, 0.3) is 0 Å². The monoisotopic (exact) mass is 349 g/mol. The molecule has 0 bridgehead atoms. The summed E-state index contributed by atoms with van der Waals surface area (Å²) in [6, 6.07) is 13.0. The fourth-order valence-corrected chi connectivity index (χ4v) is 3.24. The maximum atomic E-state index is 12.9. The van der Waals surface area contributed by atoms with Crippen molar-refractivity contribution in [1.82, 2.24) is 10.2 Å². The van der Waals surface area contributed by atoms with E-state index in [1.807, 2.05) is 0 Å². The minimum Gasteiger partial charge on any atom is -0.353 e. The zero-order valence-corrected chi connectivity index (χ0v) is 13.8. The second-order valence-corrected chi connectivity index (χ2v) is 6.09. The third kappa shape index (κ3) is 2.45. The quantitative estimate of drug-likeness (QED) is 0.822. The highest BCUT2D eigenvalue weighted by Crippen LogP contribution is 2.31. The van der Waals surface area contributed by atoms with Crippen LogP contribution in [0.1, 0.15) is 31.1 Å². The Balaban J connectivity index is 1.73. The van der Waals surface area contributed by atoms with Gasteiger partial charge in [0.2, 0.25) is 5.91 Å². The minimum absolute atomic E-state index is 0.0463. The van der Waals surface area contributed by atoms with Crippen molar-refractivity contribution in [2.45, 2.75) is 0 Å². The number of nitrogens with zero attached hydrogens (tertiary/aromatic N) is 2. The number of para-hydroxylation sites is 1. The van der Waals surface area contributed by atoms with Crippen molar-refractivity contribution in [2.75, 3.05) is 24.5 Å². The van der Waals surface area contributed by atoms with Gasteiger partial charge in [-0.15, -0.1) is 0 Å². The van der Waals surface area contributed by atoms with Crippen molar-refractivity contribution in [3.05, 3.63) is 65.2 Å². The van der Waals surface area contributed by atoms with Gasteiger partial charge in [-0.3, -0.25) is 19.2 Å². The normalized spacial score (nSPS) is 16.5. The van der Waals surface area contributed by atoms with E-state index in [-0.39, 0.29) is 29.6 Å². The SMILES string of the molecule is O=C1CN(C(=O)c2ccccc2N2C(=O)c3ccccc3C2=O)CCN1. The standard InChI is InChI=1S/C19H15N3O4/c23-16-11-21(10-9-20-16)17(24)14-7-3-4-8-15(14)22-18(25)12-5-1-2-6-13(12)19(22)26/h1-8H,9-11H2,(H,20,23). The highest BCUT2D eigenvalue weighted by atomic mass is 16.2. The fourth-order valence-electron chi connectivity index (χ4n) is 3.24. The Bertz CT molecular complexity index is 918. The summed E-state index contributed by atoms with van der Waals surface area (Å²) in [4.78, 5) is 52.4. The number of benzene rings is 2. The van der Waals surface area contributed by atoms with Crippen LogP contribution < -0.4 is 10.2 Å². The van der Waals surface area contributed by atoms with Crippen LogP contribution in [-0.4, -0.2) is 48.2 Å². The number of imide groups is 1. The Morgan fingerprint density at radius 2 is 1.50 bits per heavy atom. The van der Waals surface area contributed by atoms with Gasteiger partial charge in [0, 0.05) is 13.1 Å². The smallest absolute Gasteiger partial charge is 0.266 e. The average molecular weight is 349 g/mol. The summed E-state index contributed by atoms with van der Waals surface area (Å²) >= 11 is 0. The molecule has 0 spiro atoms. The Hall–Kier alpha value is -3.48. The molecule has 2 aliphatic heterocycles. The zero-order chi connectivity index (χ0) is 18.3. The van der Waals surface area contributed by atoms with Crippen LogP contribution in [0.15, 0.2) is 48.5 Å². The number of amides is 4. The van der Waals surface area contributed by atoms with Crippen LogP contribution >= 0.6 is 0 Å². The zero-order valence-electron chi connectivity index (χ0n) is 13.8. The lowest BCUT2D eigenvalue weighted by Crippen LogP contribution is -2.50. The third-order valence-corrected chi connectivity index (χ3v) is 4.49. The van der Waals surface area contributed by atoms with Gasteiger partial charge in [0.25, 0.3) is 17.7 Å². The van der Waals surface area contributed by atoms with Crippen molar-refractivity contribution in [3.8, 4) is 0 Å². The second-order valence-electron chi connectivity index (χ2n) is 6.09. The molecule has 1 saturated heterocycles. The van der Waals surface area contributed by atoms with Crippen LogP contribution in [0.4, 0.5) is 5.69 Å². The molecule has 130 valence electrons. The predicted molar refractivity (Wildman–Crippen MR) is 92.9 cm³/mol. The molecule has 0 unspecified atom stereocenters. The number of nitrogens with one attached hydrogen (secondary N) is 1. The minimum atomic E-state index is -0.456. The number of hydrogen-bond acceptors (Lipinski definition) is 4. The van der Waals surface area contributed by atoms with Crippen LogP contribution in [0.2, 0.25) is 0 Å². The van der Waals surface area contributed by atoms with Crippen LogP contribution in [0.3, 0.4) is 0 Å². The summed E-state index contributed by atoms with van der Waals surface area (Å²) in [5.41, 5.74) is 1.08. The molecule has 7 nitrogen and oxygen atoms in total. The highest BCUT2D eigenvalue weighted by Gasteiger charge is 2.38. The molecule has 0 aromatic heterocycles. The molecule has 2 aromatic rings. The highest BCUT2D eigenvalue weighted by molar-refractivity contribution is 6.35. The van der Waals surface area contributed by atoms with Gasteiger partial charge in [0.1, 0.15) is 0 Å². The van der Waals surface area contributed by atoms with E-state index in [0.29, 0.717) is 24.2 Å². The molecule has 2 aromatic carbocycles. The summed E-state index contributed by atoms with van der Waals surface area (Å²) in [6.45, 7) is 0.704. The largest absolute Gasteiger partial charge is 0.353 e. The number of anilines is 1. The first-order valence-corrected chi connectivity index (χ1v) is 8.21. The van der Waals surface area contributed by atoms with Gasteiger partial charge < -0.3 is 10.2 Å². The van der Waals surface area contributed by atoms with Gasteiger partial charge >= 0.3 is 0 Å². The molecule has 4 amide bonds. The van der Waals surface area contributed by atoms with E-state index >= 15 is 0 Å². The summed E-state index contributed by atoms with van der Waals surface area (Å²) in [5.74, 6) is -1.53. The van der Waals surface area contributed by atoms with E-state index in [4.69, 9.17) is 0 Å². The average Bonchev–Trinajstić information content (AvgIpc) is 2.92. The summed E-state index contributed by atoms with van der Waals surface area (Å²) in [7, 11) is 0. The fraction of sp³-hybridized carbons (Fsp3) is 0.158. The molecule has 4 rings (SSSR count). The van der Waals surface area contributed by atoms with E-state index in [1.165, 1.54) is 4.90 Å². The molecule has 1 N–H and O–H groups in total. The lowest BCUT2D eigenvalue weighted by atomic mass is 10.1. The van der Waals surface area contributed by atoms with Gasteiger partial charge in [0.05, 0.1) is 28.9 Å². The Morgan fingerprint density at radius 1 is 0.885 bits per heavy atom. The summed E-state index contributed by atoms with van der Waals surface area (Å²) in [6.07, 6.45) is 0. The van der Waals surface area contributed by atoms with Gasteiger partial charge in [0.15, 0.2) is 0 Å². The molecule has 2 aliphatic rings. The Kier molecular flexibility index (Phi) is 3.76. The van der Waals surface area contributed by atoms with Crippen molar-refractivity contribution in [1.29, 1.82) is 0 Å². The summed E-state index contributed by atoms with van der Waals surface area (Å²) < 4.78 is 0. The molecule has 0 saturated carbocycles. The predicted octanol–water partition coefficient (Wildman–Crippen LogP) is 1.06. The van der Waals surface area contributed by atoms with E-state index in [2.05, 4.69) is 5.32 Å². The van der Waals surface area contributed by atoms with Crippen LogP contribution in [0.5, 0.6) is 0 Å². The van der Waals surface area contributed by atoms with E-state index in [9.17, 15) is 19.2 Å². The van der Waals surface area contributed by atoms with Gasteiger partial charge in [-0.2, -0.15) is 0 Å². The number of rotatable bonds is 2. The Morgan fingerprint density at radius 3 is 2.15 bits per heavy atom. The number of fused-ring (bicyclic) bond motifs is 1. The third-order valence-electron chi connectivity index (χ3n) is 4.49. The maximum Gasteiger partial charge on any atom is 0.266 e. The first-order chi connectivity index (χ1) is 12.6. The van der Waals surface area contributed by atoms with Gasteiger partial charge in [-0.25, -0.2) is 4.90 Å². The molecule has 0 radical (unpaired) electrons. The van der Waals surface area contributed by atoms with Crippen molar-refractivity contribution in [3.63, 3.8) is 0 Å². The van der Waals surface area contributed by atoms with Crippen molar-refractivity contribution >= 4 is 29.3 Å². The van der Waals surface area contributed by atoms with Crippen LogP contribution in [-0.2, 0) is 4.79 Å². The van der Waals surface area contributed by atoms with Crippen molar-refractivity contribution in [2.24, 2.45) is 0 Å². The number of carbonyl (C=O) groups is 4. The summed E-state index contributed by atoms with van der Waals surface area (Å²) in [5, 5.41) is 2.66. The molecular formula is C19H15N3O4. The molecule has 26 heavy (non-hydrogen) atoms. The van der Waals surface area contributed by atoms with E-state index in [1.54, 1.807) is 48.5 Å². The maximum absolute atomic E-state index is 12.9. The molecule has 0 atom stereocenters. The lowest BCUT2D eigenvalue weighted by Gasteiger charge is -2.28. The Labute approximate surface area is 149 Å². The second kappa shape index (κ2) is 6.11. The van der Waals surface area contributed by atoms with Gasteiger partial charge in [-0.05, 0) is 24.3 Å². The molecule has 2 heterocycles. The van der Waals surface area contributed by atoms with Gasteiger partial charge in [-0.1, -0.05) is 24.3 Å². The number of hydrogen-bond donors (Lipinski definition) is 1. The van der Waals surface area contributed by atoms with E-state index < -0.39 is 11.8 Å². The molecule has 1 fully saturated rings. The van der Waals surface area contributed by atoms with Crippen LogP contribution in [0, 0.1) is 0 Å². The first-order valence-electron chi connectivity index (χ1n) is 8.21. The first kappa shape index (κ1) is 16.0. The number of carbonyl (C=O) groups excluding carboxylic acids is 4. The van der Waals surface area contributed by atoms with E-state index in [0.717, 1.165) is 4.90 Å². The topological polar surface area (TPSA) is 86.8 Å². The molecular weight excluding hydrogens is 334 g/mol. The number of piperazine rings is 1. The van der Waals surface area contributed by atoms with Crippen molar-refractivity contribution < 1.29 is 19.2 Å². The molecule has 0 aliphatic carbocycles.